The average Bonchev–Trinajstić information content (AvgIpc) is 2.73. The molecule has 0 unspecified atom stereocenters. The number of thioether (sulfide) groups is 1. The van der Waals surface area contributed by atoms with Gasteiger partial charge in [0.2, 0.25) is 5.91 Å². The number of methoxy groups -OCH3 is 2. The van der Waals surface area contributed by atoms with E-state index in [-0.39, 0.29) is 11.7 Å². The van der Waals surface area contributed by atoms with Crippen LogP contribution in [0.5, 0.6) is 11.5 Å². The Morgan fingerprint density at radius 2 is 1.74 bits per heavy atom. The molecule has 1 amide bonds. The van der Waals surface area contributed by atoms with E-state index in [0.717, 1.165) is 28.4 Å². The maximum absolute atomic E-state index is 12.1. The smallest absolute Gasteiger partial charge is 0.234 e. The Hall–Kier alpha value is -3.06. The lowest BCUT2D eigenvalue weighted by Gasteiger charge is -2.08. The summed E-state index contributed by atoms with van der Waals surface area (Å²) in [5.74, 6) is 1.62. The molecule has 0 aliphatic carbocycles. The van der Waals surface area contributed by atoms with Crippen LogP contribution in [0.25, 0.3) is 11.3 Å². The molecule has 1 aromatic heterocycles. The molecule has 1 N–H and O–H groups in total. The predicted octanol–water partition coefficient (Wildman–Crippen LogP) is 3.89. The van der Waals surface area contributed by atoms with Crippen LogP contribution >= 0.6 is 11.8 Å². The molecular formula is C20H19N3O3S. The van der Waals surface area contributed by atoms with Gasteiger partial charge >= 0.3 is 0 Å². The van der Waals surface area contributed by atoms with Crippen LogP contribution in [0.15, 0.2) is 65.7 Å². The normalized spacial score (nSPS) is 10.3. The van der Waals surface area contributed by atoms with Crippen molar-refractivity contribution in [3.63, 3.8) is 0 Å². The summed E-state index contributed by atoms with van der Waals surface area (Å²) < 4.78 is 10.4. The van der Waals surface area contributed by atoms with Crippen LogP contribution in [0.3, 0.4) is 0 Å². The zero-order chi connectivity index (χ0) is 19.1. The van der Waals surface area contributed by atoms with Gasteiger partial charge in [0.25, 0.3) is 0 Å². The number of nitrogens with zero attached hydrogens (tertiary/aromatic N) is 2. The summed E-state index contributed by atoms with van der Waals surface area (Å²) >= 11 is 1.33. The average molecular weight is 381 g/mol. The van der Waals surface area contributed by atoms with Crippen LogP contribution in [-0.4, -0.2) is 36.1 Å². The van der Waals surface area contributed by atoms with Gasteiger partial charge in [-0.1, -0.05) is 23.9 Å². The van der Waals surface area contributed by atoms with Crippen LogP contribution in [0.1, 0.15) is 0 Å². The van der Waals surface area contributed by atoms with E-state index >= 15 is 0 Å². The third kappa shape index (κ3) is 4.98. The second-order valence-corrected chi connectivity index (χ2v) is 6.52. The molecule has 0 saturated heterocycles. The Bertz CT molecular complexity index is 899. The Kier molecular flexibility index (Phi) is 6.27. The molecule has 138 valence electrons. The van der Waals surface area contributed by atoms with Crippen molar-refractivity contribution in [2.75, 3.05) is 25.3 Å². The first kappa shape index (κ1) is 18.7. The molecule has 0 spiro atoms. The standard InChI is InChI=1S/C20H19N3O3S/c1-25-15-9-7-14(8-10-15)21-19(24)13-27-20-12-11-17(22-23-20)16-5-3-4-6-18(16)26-2/h3-12H,13H2,1-2H3,(H,21,24). The Morgan fingerprint density at radius 3 is 2.41 bits per heavy atom. The van der Waals surface area contributed by atoms with Gasteiger partial charge in [-0.15, -0.1) is 10.2 Å². The van der Waals surface area contributed by atoms with E-state index in [4.69, 9.17) is 9.47 Å². The van der Waals surface area contributed by atoms with Gasteiger partial charge in [0.15, 0.2) is 0 Å². The molecule has 3 rings (SSSR count). The van der Waals surface area contributed by atoms with E-state index in [2.05, 4.69) is 15.5 Å². The van der Waals surface area contributed by atoms with E-state index in [0.29, 0.717) is 5.03 Å². The molecule has 0 atom stereocenters. The van der Waals surface area contributed by atoms with Crippen molar-refractivity contribution in [2.24, 2.45) is 0 Å². The number of nitrogens with one attached hydrogen (secondary N) is 1. The summed E-state index contributed by atoms with van der Waals surface area (Å²) in [6, 6.07) is 18.5. The van der Waals surface area contributed by atoms with Gasteiger partial charge in [-0.25, -0.2) is 0 Å². The molecule has 2 aromatic carbocycles. The SMILES string of the molecule is COc1ccc(NC(=O)CSc2ccc(-c3ccccc3OC)nn2)cc1. The highest BCUT2D eigenvalue weighted by Gasteiger charge is 2.09. The fourth-order valence-corrected chi connectivity index (χ4v) is 3.02. The zero-order valence-electron chi connectivity index (χ0n) is 15.0. The number of carbonyl (C=O) groups is 1. The fraction of sp³-hybridized carbons (Fsp3) is 0.150. The highest BCUT2D eigenvalue weighted by molar-refractivity contribution is 7.99. The first-order valence-corrected chi connectivity index (χ1v) is 9.22. The quantitative estimate of drug-likeness (QED) is 0.626. The van der Waals surface area contributed by atoms with Crippen LogP contribution in [0.4, 0.5) is 5.69 Å². The molecule has 0 saturated carbocycles. The van der Waals surface area contributed by atoms with Crippen molar-refractivity contribution in [1.82, 2.24) is 10.2 Å². The zero-order valence-corrected chi connectivity index (χ0v) is 15.8. The summed E-state index contributed by atoms with van der Waals surface area (Å²) in [6.07, 6.45) is 0. The molecule has 3 aromatic rings. The van der Waals surface area contributed by atoms with Crippen molar-refractivity contribution in [3.05, 3.63) is 60.7 Å². The predicted molar refractivity (Wildman–Crippen MR) is 106 cm³/mol. The first-order chi connectivity index (χ1) is 13.2. The lowest BCUT2D eigenvalue weighted by atomic mass is 10.1. The van der Waals surface area contributed by atoms with E-state index in [1.807, 2.05) is 36.4 Å². The number of rotatable bonds is 7. The van der Waals surface area contributed by atoms with Crippen molar-refractivity contribution in [3.8, 4) is 22.8 Å². The molecule has 0 aliphatic heterocycles. The Morgan fingerprint density at radius 1 is 0.963 bits per heavy atom. The lowest BCUT2D eigenvalue weighted by molar-refractivity contribution is -0.113. The summed E-state index contributed by atoms with van der Waals surface area (Å²) in [4.78, 5) is 12.1. The molecule has 6 nitrogen and oxygen atoms in total. The fourth-order valence-electron chi connectivity index (χ4n) is 2.41. The lowest BCUT2D eigenvalue weighted by Crippen LogP contribution is -2.14. The minimum atomic E-state index is -0.110. The molecular weight excluding hydrogens is 362 g/mol. The van der Waals surface area contributed by atoms with Crippen LogP contribution in [0.2, 0.25) is 0 Å². The summed E-state index contributed by atoms with van der Waals surface area (Å²) in [5.41, 5.74) is 2.32. The first-order valence-electron chi connectivity index (χ1n) is 8.23. The molecule has 0 bridgehead atoms. The van der Waals surface area contributed by atoms with Crippen molar-refractivity contribution in [1.29, 1.82) is 0 Å². The van der Waals surface area contributed by atoms with E-state index in [1.165, 1.54) is 11.8 Å². The van der Waals surface area contributed by atoms with Crippen molar-refractivity contribution >= 4 is 23.4 Å². The minimum Gasteiger partial charge on any atom is -0.497 e. The molecule has 0 fully saturated rings. The Balaban J connectivity index is 1.57. The third-order valence-corrected chi connectivity index (χ3v) is 4.67. The van der Waals surface area contributed by atoms with Crippen molar-refractivity contribution < 1.29 is 14.3 Å². The second-order valence-electron chi connectivity index (χ2n) is 5.52. The van der Waals surface area contributed by atoms with Gasteiger partial charge in [0, 0.05) is 11.3 Å². The number of benzene rings is 2. The number of carbonyl (C=O) groups excluding carboxylic acids is 1. The van der Waals surface area contributed by atoms with Crippen LogP contribution in [0, 0.1) is 0 Å². The minimum absolute atomic E-state index is 0.110. The monoisotopic (exact) mass is 381 g/mol. The van der Waals surface area contributed by atoms with Gasteiger partial charge in [0.1, 0.15) is 16.5 Å². The van der Waals surface area contributed by atoms with Crippen molar-refractivity contribution in [2.45, 2.75) is 5.03 Å². The number of para-hydroxylation sites is 1. The Labute approximate surface area is 161 Å². The van der Waals surface area contributed by atoms with E-state index in [1.54, 1.807) is 38.5 Å². The van der Waals surface area contributed by atoms with E-state index < -0.39 is 0 Å². The number of ether oxygens (including phenoxy) is 2. The van der Waals surface area contributed by atoms with Crippen LogP contribution < -0.4 is 14.8 Å². The topological polar surface area (TPSA) is 73.3 Å². The van der Waals surface area contributed by atoms with E-state index in [9.17, 15) is 4.79 Å². The van der Waals surface area contributed by atoms with Gasteiger partial charge in [-0.3, -0.25) is 4.79 Å². The second kappa shape index (κ2) is 9.05. The maximum atomic E-state index is 12.1. The molecule has 1 heterocycles. The molecule has 0 radical (unpaired) electrons. The molecule has 7 heteroatoms. The largest absolute Gasteiger partial charge is 0.497 e. The summed E-state index contributed by atoms with van der Waals surface area (Å²) in [5, 5.41) is 12.0. The number of hydrogen-bond acceptors (Lipinski definition) is 6. The number of amides is 1. The van der Waals surface area contributed by atoms with Gasteiger partial charge in [-0.05, 0) is 48.5 Å². The third-order valence-electron chi connectivity index (χ3n) is 3.75. The van der Waals surface area contributed by atoms with Crippen LogP contribution in [-0.2, 0) is 4.79 Å². The highest BCUT2D eigenvalue weighted by atomic mass is 32.2. The van der Waals surface area contributed by atoms with Gasteiger partial charge in [0.05, 0.1) is 25.7 Å². The number of anilines is 1. The highest BCUT2D eigenvalue weighted by Crippen LogP contribution is 2.28. The number of hydrogen-bond donors (Lipinski definition) is 1. The molecule has 0 aliphatic rings. The van der Waals surface area contributed by atoms with Gasteiger partial charge in [-0.2, -0.15) is 0 Å². The van der Waals surface area contributed by atoms with Gasteiger partial charge < -0.3 is 14.8 Å². The summed E-state index contributed by atoms with van der Waals surface area (Å²) in [7, 11) is 3.22. The summed E-state index contributed by atoms with van der Waals surface area (Å²) in [6.45, 7) is 0. The molecule has 27 heavy (non-hydrogen) atoms. The number of aromatic nitrogens is 2. The maximum Gasteiger partial charge on any atom is 0.234 e.